The van der Waals surface area contributed by atoms with Crippen molar-refractivity contribution in [2.75, 3.05) is 19.3 Å². The van der Waals surface area contributed by atoms with Crippen LogP contribution in [0.2, 0.25) is 0 Å². The third kappa shape index (κ3) is 2.99. The third-order valence-corrected chi connectivity index (χ3v) is 3.61. The van der Waals surface area contributed by atoms with Gasteiger partial charge in [0.05, 0.1) is 0 Å². The average Bonchev–Trinajstić information content (AvgIpc) is 2.28. The minimum Gasteiger partial charge on any atom is -0.399 e. The van der Waals surface area contributed by atoms with Crippen LogP contribution in [0.5, 0.6) is 0 Å². The van der Waals surface area contributed by atoms with E-state index in [1.54, 1.807) is 0 Å². The highest BCUT2D eigenvalue weighted by atomic mass is 14.8. The van der Waals surface area contributed by atoms with Crippen LogP contribution in [0.4, 0.5) is 5.69 Å². The topological polar surface area (TPSA) is 38.0 Å². The van der Waals surface area contributed by atoms with Gasteiger partial charge in [-0.3, -0.25) is 0 Å². The van der Waals surface area contributed by atoms with Crippen molar-refractivity contribution in [2.24, 2.45) is 5.92 Å². The molecule has 0 aromatic heterocycles. The molecule has 1 aromatic rings. The molecule has 0 aliphatic carbocycles. The Bertz CT molecular complexity index is 334. The zero-order valence-electron chi connectivity index (χ0n) is 10.9. The Morgan fingerprint density at radius 3 is 2.62 bits per heavy atom. The fourth-order valence-electron chi connectivity index (χ4n) is 2.09. The molecule has 3 N–H and O–H groups in total. The maximum Gasteiger partial charge on any atom is 0.0346 e. The van der Waals surface area contributed by atoms with Gasteiger partial charge in [-0.1, -0.05) is 26.0 Å². The van der Waals surface area contributed by atoms with Crippen LogP contribution in [0.1, 0.15) is 37.3 Å². The van der Waals surface area contributed by atoms with Crippen LogP contribution in [-0.2, 0) is 0 Å². The number of rotatable bonds is 5. The molecule has 0 fully saturated rings. The van der Waals surface area contributed by atoms with Gasteiger partial charge in [-0.15, -0.1) is 0 Å². The maximum absolute atomic E-state index is 5.95. The molecule has 90 valence electrons. The van der Waals surface area contributed by atoms with Crippen molar-refractivity contribution in [2.45, 2.75) is 33.1 Å². The van der Waals surface area contributed by atoms with E-state index in [1.807, 2.05) is 13.1 Å². The van der Waals surface area contributed by atoms with E-state index >= 15 is 0 Å². The quantitative estimate of drug-likeness (QED) is 0.749. The van der Waals surface area contributed by atoms with E-state index in [1.165, 1.54) is 17.5 Å². The summed E-state index contributed by atoms with van der Waals surface area (Å²) >= 11 is 0. The molecule has 0 amide bonds. The predicted molar refractivity (Wildman–Crippen MR) is 71.7 cm³/mol. The average molecular weight is 220 g/mol. The van der Waals surface area contributed by atoms with E-state index < -0.39 is 0 Å². The van der Waals surface area contributed by atoms with Crippen LogP contribution in [0.3, 0.4) is 0 Å². The van der Waals surface area contributed by atoms with E-state index in [0.29, 0.717) is 11.8 Å². The van der Waals surface area contributed by atoms with Crippen LogP contribution >= 0.6 is 0 Å². The Balaban J connectivity index is 2.79. The molecule has 0 spiro atoms. The van der Waals surface area contributed by atoms with Crippen molar-refractivity contribution >= 4 is 5.69 Å². The highest BCUT2D eigenvalue weighted by Crippen LogP contribution is 2.30. The number of anilines is 1. The summed E-state index contributed by atoms with van der Waals surface area (Å²) in [7, 11) is 2.00. The molecule has 16 heavy (non-hydrogen) atoms. The SMILES string of the molecule is CNCC[C@H](C)C(C)c1cccc(N)c1C. The van der Waals surface area contributed by atoms with Gasteiger partial charge in [0.2, 0.25) is 0 Å². The van der Waals surface area contributed by atoms with E-state index in [9.17, 15) is 0 Å². The smallest absolute Gasteiger partial charge is 0.0346 e. The second-order valence-electron chi connectivity index (χ2n) is 4.72. The lowest BCUT2D eigenvalue weighted by atomic mass is 9.84. The lowest BCUT2D eigenvalue weighted by Gasteiger charge is -2.22. The van der Waals surface area contributed by atoms with Crippen molar-refractivity contribution in [3.63, 3.8) is 0 Å². The number of nitrogens with one attached hydrogen (secondary N) is 1. The molecule has 0 saturated carbocycles. The normalized spacial score (nSPS) is 14.8. The molecule has 1 unspecified atom stereocenters. The number of hydrogen-bond acceptors (Lipinski definition) is 2. The molecule has 0 heterocycles. The Morgan fingerprint density at radius 2 is 2.00 bits per heavy atom. The molecule has 0 aliphatic rings. The first-order chi connectivity index (χ1) is 7.57. The summed E-state index contributed by atoms with van der Waals surface area (Å²) < 4.78 is 0. The fourth-order valence-corrected chi connectivity index (χ4v) is 2.09. The second kappa shape index (κ2) is 5.90. The van der Waals surface area contributed by atoms with Crippen LogP contribution in [0.15, 0.2) is 18.2 Å². The summed E-state index contributed by atoms with van der Waals surface area (Å²) in [6.07, 6.45) is 1.20. The fraction of sp³-hybridized carbons (Fsp3) is 0.571. The van der Waals surface area contributed by atoms with Gasteiger partial charge in [-0.05, 0) is 56.0 Å². The first-order valence-corrected chi connectivity index (χ1v) is 6.07. The molecule has 0 aliphatic heterocycles. The minimum atomic E-state index is 0.567. The van der Waals surface area contributed by atoms with Gasteiger partial charge in [0.15, 0.2) is 0 Å². The zero-order valence-corrected chi connectivity index (χ0v) is 10.9. The van der Waals surface area contributed by atoms with Crippen LogP contribution < -0.4 is 11.1 Å². The summed E-state index contributed by atoms with van der Waals surface area (Å²) in [5, 5.41) is 3.21. The summed E-state index contributed by atoms with van der Waals surface area (Å²) in [4.78, 5) is 0. The molecular weight excluding hydrogens is 196 g/mol. The van der Waals surface area contributed by atoms with E-state index in [2.05, 4.69) is 38.2 Å². The Labute approximate surface area is 99.2 Å². The highest BCUT2D eigenvalue weighted by Gasteiger charge is 2.16. The Morgan fingerprint density at radius 1 is 1.31 bits per heavy atom. The Hall–Kier alpha value is -1.02. The number of nitrogen functional groups attached to an aromatic ring is 1. The van der Waals surface area contributed by atoms with Gasteiger partial charge in [0.25, 0.3) is 0 Å². The first kappa shape index (κ1) is 13.0. The van der Waals surface area contributed by atoms with Gasteiger partial charge in [-0.2, -0.15) is 0 Å². The number of hydrogen-bond donors (Lipinski definition) is 2. The molecule has 2 nitrogen and oxygen atoms in total. The zero-order chi connectivity index (χ0) is 12.1. The third-order valence-electron chi connectivity index (χ3n) is 3.61. The summed E-state index contributed by atoms with van der Waals surface area (Å²) in [5.41, 5.74) is 9.49. The van der Waals surface area contributed by atoms with Gasteiger partial charge in [0.1, 0.15) is 0 Å². The van der Waals surface area contributed by atoms with Gasteiger partial charge in [0, 0.05) is 5.69 Å². The van der Waals surface area contributed by atoms with Crippen LogP contribution in [0, 0.1) is 12.8 Å². The van der Waals surface area contributed by atoms with Gasteiger partial charge >= 0.3 is 0 Å². The van der Waals surface area contributed by atoms with Gasteiger partial charge < -0.3 is 11.1 Å². The van der Waals surface area contributed by atoms with E-state index in [0.717, 1.165) is 12.2 Å². The van der Waals surface area contributed by atoms with Crippen molar-refractivity contribution in [1.29, 1.82) is 0 Å². The van der Waals surface area contributed by atoms with Crippen molar-refractivity contribution in [3.05, 3.63) is 29.3 Å². The molecule has 2 atom stereocenters. The number of benzene rings is 1. The lowest BCUT2D eigenvalue weighted by Crippen LogP contribution is -2.16. The summed E-state index contributed by atoms with van der Waals surface area (Å²) in [6, 6.07) is 6.23. The lowest BCUT2D eigenvalue weighted by molar-refractivity contribution is 0.444. The van der Waals surface area contributed by atoms with Crippen molar-refractivity contribution in [1.82, 2.24) is 5.32 Å². The van der Waals surface area contributed by atoms with E-state index in [-0.39, 0.29) is 0 Å². The first-order valence-electron chi connectivity index (χ1n) is 6.07. The molecule has 2 heteroatoms. The van der Waals surface area contributed by atoms with Gasteiger partial charge in [-0.25, -0.2) is 0 Å². The molecule has 0 saturated heterocycles. The highest BCUT2D eigenvalue weighted by molar-refractivity contribution is 5.51. The Kier molecular flexibility index (Phi) is 4.81. The molecule has 1 aromatic carbocycles. The standard InChI is InChI=1S/C14H24N2/c1-10(8-9-16-4)11(2)13-6-5-7-14(15)12(13)3/h5-7,10-11,16H,8-9,15H2,1-4H3/t10-,11?/m0/s1. The molecule has 0 bridgehead atoms. The van der Waals surface area contributed by atoms with Crippen LogP contribution in [-0.4, -0.2) is 13.6 Å². The molecular formula is C14H24N2. The van der Waals surface area contributed by atoms with Crippen molar-refractivity contribution in [3.8, 4) is 0 Å². The van der Waals surface area contributed by atoms with E-state index in [4.69, 9.17) is 5.73 Å². The summed E-state index contributed by atoms with van der Waals surface area (Å²) in [6.45, 7) is 7.80. The monoisotopic (exact) mass is 220 g/mol. The minimum absolute atomic E-state index is 0.567. The largest absolute Gasteiger partial charge is 0.399 e. The molecule has 1 rings (SSSR count). The predicted octanol–water partition coefficient (Wildman–Crippen LogP) is 2.93. The van der Waals surface area contributed by atoms with Crippen molar-refractivity contribution < 1.29 is 0 Å². The molecule has 0 radical (unpaired) electrons. The second-order valence-corrected chi connectivity index (χ2v) is 4.72. The summed E-state index contributed by atoms with van der Waals surface area (Å²) in [5.74, 6) is 1.24. The van der Waals surface area contributed by atoms with Crippen LogP contribution in [0.25, 0.3) is 0 Å². The number of nitrogens with two attached hydrogens (primary N) is 1. The maximum atomic E-state index is 5.95.